The number of carbonyl (C=O) groups is 2. The van der Waals surface area contributed by atoms with E-state index in [4.69, 9.17) is 10.1 Å². The van der Waals surface area contributed by atoms with E-state index in [0.717, 1.165) is 35.3 Å². The fourth-order valence-electron chi connectivity index (χ4n) is 3.85. The molecule has 1 aliphatic carbocycles. The third-order valence-corrected chi connectivity index (χ3v) is 5.55. The molecule has 1 saturated carbocycles. The van der Waals surface area contributed by atoms with Gasteiger partial charge in [-0.1, -0.05) is 12.1 Å². The first-order valence-corrected chi connectivity index (χ1v) is 11.4. The van der Waals surface area contributed by atoms with Crippen LogP contribution in [0.5, 0.6) is 0 Å². The smallest absolute Gasteiger partial charge is 0.319 e. The monoisotopic (exact) mass is 448 g/mol. The lowest BCUT2D eigenvalue weighted by Gasteiger charge is -2.20. The minimum Gasteiger partial charge on any atom is -0.336 e. The lowest BCUT2D eigenvalue weighted by Crippen LogP contribution is -2.34. The van der Waals surface area contributed by atoms with Gasteiger partial charge in [0.25, 0.3) is 5.91 Å². The number of benzene rings is 1. The number of pyridine rings is 1. The lowest BCUT2D eigenvalue weighted by atomic mass is 10.1. The van der Waals surface area contributed by atoms with Crippen LogP contribution in [-0.2, 0) is 5.54 Å². The van der Waals surface area contributed by atoms with Gasteiger partial charge in [0.15, 0.2) is 5.65 Å². The number of rotatable bonds is 5. The summed E-state index contributed by atoms with van der Waals surface area (Å²) < 4.78 is 1.91. The van der Waals surface area contributed by atoms with Crippen molar-refractivity contribution < 1.29 is 9.59 Å². The summed E-state index contributed by atoms with van der Waals surface area (Å²) in [4.78, 5) is 30.7. The Hall–Kier alpha value is -3.42. The van der Waals surface area contributed by atoms with Crippen LogP contribution in [0.3, 0.4) is 0 Å². The third-order valence-electron chi connectivity index (χ3n) is 5.55. The minimum absolute atomic E-state index is 0.0000271. The Bertz CT molecular complexity index is 1220. The number of hydrogen-bond donors (Lipinski definition) is 3. The van der Waals surface area contributed by atoms with E-state index in [2.05, 4.69) is 36.7 Å². The molecule has 1 aliphatic rings. The van der Waals surface area contributed by atoms with E-state index in [1.54, 1.807) is 12.1 Å². The van der Waals surface area contributed by atoms with Crippen molar-refractivity contribution >= 4 is 34.3 Å². The molecule has 0 spiro atoms. The van der Waals surface area contributed by atoms with Crippen LogP contribution >= 0.6 is 0 Å². The first-order chi connectivity index (χ1) is 15.5. The lowest BCUT2D eigenvalue weighted by molar-refractivity contribution is 0.102. The first-order valence-electron chi connectivity index (χ1n) is 11.4. The highest BCUT2D eigenvalue weighted by atomic mass is 16.2. The van der Waals surface area contributed by atoms with E-state index in [1.807, 2.05) is 43.7 Å². The summed E-state index contributed by atoms with van der Waals surface area (Å²) in [6.45, 7) is 11.9. The molecule has 1 aromatic carbocycles. The number of hydrogen-bond acceptors (Lipinski definition) is 4. The van der Waals surface area contributed by atoms with Crippen LogP contribution in [0.4, 0.5) is 16.2 Å². The molecule has 2 aromatic heterocycles. The molecule has 0 unspecified atom stereocenters. The zero-order valence-corrected chi connectivity index (χ0v) is 20.1. The molecule has 3 N–H and O–H groups in total. The van der Waals surface area contributed by atoms with E-state index in [-0.39, 0.29) is 23.5 Å². The number of aromatic nitrogens is 3. The maximum Gasteiger partial charge on any atom is 0.319 e. The quantitative estimate of drug-likeness (QED) is 0.502. The van der Waals surface area contributed by atoms with Gasteiger partial charge in [-0.2, -0.15) is 5.10 Å². The summed E-state index contributed by atoms with van der Waals surface area (Å²) in [5.41, 5.74) is 3.77. The van der Waals surface area contributed by atoms with E-state index in [1.165, 1.54) is 0 Å². The molecule has 33 heavy (non-hydrogen) atoms. The van der Waals surface area contributed by atoms with Crippen molar-refractivity contribution in [1.82, 2.24) is 20.1 Å². The molecule has 0 atom stereocenters. The zero-order valence-electron chi connectivity index (χ0n) is 20.1. The first kappa shape index (κ1) is 22.8. The molecule has 2 heterocycles. The van der Waals surface area contributed by atoms with Crippen molar-refractivity contribution in [1.29, 1.82) is 0 Å². The van der Waals surface area contributed by atoms with Crippen LogP contribution in [-0.4, -0.2) is 32.7 Å². The summed E-state index contributed by atoms with van der Waals surface area (Å²) in [6, 6.07) is 8.75. The summed E-state index contributed by atoms with van der Waals surface area (Å²) in [7, 11) is 0. The molecular weight excluding hydrogens is 416 g/mol. The molecule has 174 valence electrons. The number of anilines is 2. The summed E-state index contributed by atoms with van der Waals surface area (Å²) in [5, 5.41) is 14.1. The molecule has 3 amide bonds. The average molecular weight is 449 g/mol. The summed E-state index contributed by atoms with van der Waals surface area (Å²) in [6.07, 6.45) is 2.17. The number of carbonyl (C=O) groups excluding carboxylic acids is 2. The highest BCUT2D eigenvalue weighted by Crippen LogP contribution is 2.41. The second kappa shape index (κ2) is 8.50. The van der Waals surface area contributed by atoms with Gasteiger partial charge in [0.05, 0.1) is 33.6 Å². The topological polar surface area (TPSA) is 101 Å². The molecule has 0 aliphatic heterocycles. The van der Waals surface area contributed by atoms with E-state index in [9.17, 15) is 9.59 Å². The molecule has 0 radical (unpaired) electrons. The van der Waals surface area contributed by atoms with Gasteiger partial charge in [0.1, 0.15) is 0 Å². The van der Waals surface area contributed by atoms with Crippen molar-refractivity contribution in [3.05, 3.63) is 47.3 Å². The van der Waals surface area contributed by atoms with Crippen molar-refractivity contribution in [3.8, 4) is 0 Å². The highest BCUT2D eigenvalue weighted by molar-refractivity contribution is 6.14. The number of nitrogens with one attached hydrogen (secondary N) is 3. The number of amides is 3. The van der Waals surface area contributed by atoms with Gasteiger partial charge < -0.3 is 16.0 Å². The SMILES string of the molecule is Cc1nn(C(C)(C)C)c2nc(C3CC3)cc(C(=O)Nc3ccccc3NC(=O)NC(C)C)c12. The van der Waals surface area contributed by atoms with Crippen LogP contribution in [0.25, 0.3) is 11.0 Å². The van der Waals surface area contributed by atoms with Crippen LogP contribution in [0.2, 0.25) is 0 Å². The van der Waals surface area contributed by atoms with E-state index in [0.29, 0.717) is 22.9 Å². The normalized spacial score (nSPS) is 13.9. The number of nitrogens with zero attached hydrogens (tertiary/aromatic N) is 3. The van der Waals surface area contributed by atoms with Crippen LogP contribution in [0.15, 0.2) is 30.3 Å². The fraction of sp³-hybridized carbons (Fsp3) is 0.440. The van der Waals surface area contributed by atoms with Gasteiger partial charge >= 0.3 is 6.03 Å². The molecular formula is C25H32N6O2. The average Bonchev–Trinajstić information content (AvgIpc) is 3.51. The Labute approximate surface area is 194 Å². The summed E-state index contributed by atoms with van der Waals surface area (Å²) in [5.74, 6) is 0.137. The third kappa shape index (κ3) is 4.84. The number of aryl methyl sites for hydroxylation is 1. The zero-order chi connectivity index (χ0) is 23.9. The fourth-order valence-corrected chi connectivity index (χ4v) is 3.85. The van der Waals surface area contributed by atoms with Crippen LogP contribution in [0, 0.1) is 6.92 Å². The maximum absolute atomic E-state index is 13.5. The molecule has 0 bridgehead atoms. The predicted molar refractivity (Wildman–Crippen MR) is 131 cm³/mol. The summed E-state index contributed by atoms with van der Waals surface area (Å²) >= 11 is 0. The molecule has 4 rings (SSSR count). The minimum atomic E-state index is -0.323. The van der Waals surface area contributed by atoms with Gasteiger partial charge in [-0.3, -0.25) is 4.79 Å². The number of para-hydroxylation sites is 2. The second-order valence-corrected chi connectivity index (χ2v) is 9.99. The predicted octanol–water partition coefficient (Wildman–Crippen LogP) is 5.15. The highest BCUT2D eigenvalue weighted by Gasteiger charge is 2.30. The van der Waals surface area contributed by atoms with Gasteiger partial charge in [-0.25, -0.2) is 14.5 Å². The van der Waals surface area contributed by atoms with E-state index < -0.39 is 0 Å². The Morgan fingerprint density at radius 2 is 1.73 bits per heavy atom. The Morgan fingerprint density at radius 1 is 1.09 bits per heavy atom. The van der Waals surface area contributed by atoms with Gasteiger partial charge in [-0.05, 0) is 72.6 Å². The molecule has 8 heteroatoms. The molecule has 8 nitrogen and oxygen atoms in total. The van der Waals surface area contributed by atoms with Gasteiger partial charge in [0.2, 0.25) is 0 Å². The van der Waals surface area contributed by atoms with Gasteiger partial charge in [0, 0.05) is 17.7 Å². The van der Waals surface area contributed by atoms with Gasteiger partial charge in [-0.15, -0.1) is 0 Å². The van der Waals surface area contributed by atoms with Crippen molar-refractivity contribution in [2.24, 2.45) is 0 Å². The number of fused-ring (bicyclic) bond motifs is 1. The second-order valence-electron chi connectivity index (χ2n) is 9.99. The Balaban J connectivity index is 1.73. The number of urea groups is 1. The van der Waals surface area contributed by atoms with E-state index >= 15 is 0 Å². The standard InChI is InChI=1S/C25H32N6O2/c1-14(2)26-24(33)29-19-10-8-7-9-18(19)28-23(32)17-13-20(16-11-12-16)27-22-21(17)15(3)30-31(22)25(4,5)6/h7-10,13-14,16H,11-12H2,1-6H3,(H,28,32)(H2,26,29,33). The van der Waals surface area contributed by atoms with Crippen molar-refractivity contribution in [3.63, 3.8) is 0 Å². The maximum atomic E-state index is 13.5. The van der Waals surface area contributed by atoms with Crippen LogP contribution in [0.1, 0.15) is 75.1 Å². The largest absolute Gasteiger partial charge is 0.336 e. The molecule has 1 fully saturated rings. The Morgan fingerprint density at radius 3 is 2.30 bits per heavy atom. The van der Waals surface area contributed by atoms with Crippen molar-refractivity contribution in [2.45, 2.75) is 71.9 Å². The van der Waals surface area contributed by atoms with Crippen LogP contribution < -0.4 is 16.0 Å². The molecule has 3 aromatic rings. The molecule has 0 saturated heterocycles. The Kier molecular flexibility index (Phi) is 5.86. The van der Waals surface area contributed by atoms with Crippen molar-refractivity contribution in [2.75, 3.05) is 10.6 Å².